The third-order valence-electron chi connectivity index (χ3n) is 4.12. The number of benzene rings is 1. The second-order valence-corrected chi connectivity index (χ2v) is 6.80. The van der Waals surface area contributed by atoms with E-state index in [1.54, 1.807) is 18.5 Å². The number of carbonyl (C=O) groups excluding carboxylic acids is 1. The van der Waals surface area contributed by atoms with Gasteiger partial charge in [0.1, 0.15) is 6.29 Å². The molecule has 0 spiro atoms. The first kappa shape index (κ1) is 21.1. The Bertz CT molecular complexity index is 651. The van der Waals surface area contributed by atoms with Crippen molar-refractivity contribution in [3.8, 4) is 0 Å². The third kappa shape index (κ3) is 6.46. The Morgan fingerprint density at radius 3 is 2.44 bits per heavy atom. The Morgan fingerprint density at radius 1 is 1.36 bits per heavy atom. The van der Waals surface area contributed by atoms with E-state index in [0.717, 1.165) is 12.2 Å². The lowest BCUT2D eigenvalue weighted by molar-refractivity contribution is -0.106. The van der Waals surface area contributed by atoms with Crippen molar-refractivity contribution in [3.63, 3.8) is 0 Å². The molecule has 5 nitrogen and oxygen atoms in total. The van der Waals surface area contributed by atoms with Crippen LogP contribution in [0.25, 0.3) is 0 Å². The van der Waals surface area contributed by atoms with Crippen LogP contribution in [0.3, 0.4) is 0 Å². The van der Waals surface area contributed by atoms with Crippen LogP contribution < -0.4 is 10.6 Å². The molecule has 1 aliphatic rings. The van der Waals surface area contributed by atoms with E-state index in [9.17, 15) is 0 Å². The topological polar surface area (TPSA) is 72.1 Å². The van der Waals surface area contributed by atoms with Crippen LogP contribution in [-0.2, 0) is 11.2 Å². The Labute approximate surface area is 158 Å². The number of fused-ring (bicyclic) bond motifs is 1. The van der Waals surface area contributed by atoms with Gasteiger partial charge in [0.2, 0.25) is 5.95 Å². The van der Waals surface area contributed by atoms with Crippen LogP contribution in [0.2, 0.25) is 0 Å². The molecule has 0 aliphatic carbocycles. The molecule has 2 heterocycles. The van der Waals surface area contributed by atoms with Gasteiger partial charge in [-0.15, -0.1) is 0 Å². The Balaban J connectivity index is 0.000000260. The lowest BCUT2D eigenvalue weighted by Crippen LogP contribution is -2.41. The lowest BCUT2D eigenvalue weighted by Gasteiger charge is -2.40. The zero-order chi connectivity index (χ0) is 18.8. The van der Waals surface area contributed by atoms with Gasteiger partial charge in [-0.2, -0.15) is 0 Å². The number of carbonyl (C=O) groups is 1. The molecule has 0 saturated heterocycles. The average Bonchev–Trinajstić information content (AvgIpc) is 2.57. The predicted molar refractivity (Wildman–Crippen MR) is 108 cm³/mol. The number of anilines is 2. The summed E-state index contributed by atoms with van der Waals surface area (Å²) in [5.74, 6) is 1.07. The Hall–Kier alpha value is -1.95. The standard InChI is InChI=1S/C13H18BrN.C4H5N3.C2H4O/c1-4-12-9(2)7-10-8-11(14)5-6-13(10)15(12)3;5-4-6-2-1-3-7-4;1-2-3/h5-6,8-9,12H,4,7H2,1-3H3;1-3H,(H2,5,6,7);2H,1H3/t9?,12-;;/m0../s1. The molecule has 3 rings (SSSR count). The van der Waals surface area contributed by atoms with E-state index >= 15 is 0 Å². The van der Waals surface area contributed by atoms with E-state index in [4.69, 9.17) is 10.5 Å². The second kappa shape index (κ2) is 10.8. The summed E-state index contributed by atoms with van der Waals surface area (Å²) >= 11 is 3.54. The molecule has 2 N–H and O–H groups in total. The van der Waals surface area contributed by atoms with Gasteiger partial charge in [0.25, 0.3) is 0 Å². The van der Waals surface area contributed by atoms with E-state index in [1.165, 1.54) is 35.5 Å². The van der Waals surface area contributed by atoms with Gasteiger partial charge >= 0.3 is 0 Å². The van der Waals surface area contributed by atoms with Gasteiger partial charge in [0.15, 0.2) is 0 Å². The number of halogens is 1. The molecule has 0 radical (unpaired) electrons. The number of nitrogens with zero attached hydrogens (tertiary/aromatic N) is 3. The summed E-state index contributed by atoms with van der Waals surface area (Å²) in [6.07, 6.45) is 6.38. The van der Waals surface area contributed by atoms with Crippen molar-refractivity contribution >= 4 is 33.9 Å². The first-order valence-electron chi connectivity index (χ1n) is 8.38. The van der Waals surface area contributed by atoms with Gasteiger partial charge in [0, 0.05) is 35.6 Å². The molecule has 1 aromatic heterocycles. The van der Waals surface area contributed by atoms with Crippen LogP contribution in [0, 0.1) is 5.92 Å². The molecule has 0 amide bonds. The first-order valence-corrected chi connectivity index (χ1v) is 9.17. The smallest absolute Gasteiger partial charge is 0.219 e. The minimum absolute atomic E-state index is 0.322. The van der Waals surface area contributed by atoms with Gasteiger partial charge < -0.3 is 15.4 Å². The number of aldehydes is 1. The number of nitrogens with two attached hydrogens (primary N) is 1. The van der Waals surface area contributed by atoms with Crippen molar-refractivity contribution in [1.82, 2.24) is 9.97 Å². The third-order valence-corrected chi connectivity index (χ3v) is 4.62. The van der Waals surface area contributed by atoms with Crippen molar-refractivity contribution in [2.24, 2.45) is 5.92 Å². The fourth-order valence-corrected chi connectivity index (χ4v) is 3.50. The average molecular weight is 407 g/mol. The van der Waals surface area contributed by atoms with E-state index in [1.807, 2.05) is 0 Å². The van der Waals surface area contributed by atoms with E-state index in [2.05, 4.69) is 69.9 Å². The highest BCUT2D eigenvalue weighted by molar-refractivity contribution is 9.10. The maximum atomic E-state index is 8.81. The van der Waals surface area contributed by atoms with Gasteiger partial charge in [-0.25, -0.2) is 9.97 Å². The summed E-state index contributed by atoms with van der Waals surface area (Å²) in [5.41, 5.74) is 8.02. The molecular formula is C19H27BrN4O. The van der Waals surface area contributed by atoms with Gasteiger partial charge in [-0.05, 0) is 55.5 Å². The number of nitrogen functional groups attached to an aromatic ring is 1. The molecule has 1 unspecified atom stereocenters. The molecule has 0 bridgehead atoms. The van der Waals surface area contributed by atoms with Crippen LogP contribution in [0.15, 0.2) is 41.1 Å². The van der Waals surface area contributed by atoms with Gasteiger partial charge in [-0.3, -0.25) is 0 Å². The molecule has 25 heavy (non-hydrogen) atoms. The summed E-state index contributed by atoms with van der Waals surface area (Å²) in [5, 5.41) is 0. The predicted octanol–water partition coefficient (Wildman–Crippen LogP) is 4.12. The number of hydrogen-bond acceptors (Lipinski definition) is 5. The largest absolute Gasteiger partial charge is 0.371 e. The fourth-order valence-electron chi connectivity index (χ4n) is 3.09. The van der Waals surface area contributed by atoms with Crippen molar-refractivity contribution in [3.05, 3.63) is 46.7 Å². The fraction of sp³-hybridized carbons (Fsp3) is 0.421. The molecule has 2 atom stereocenters. The summed E-state index contributed by atoms with van der Waals surface area (Å²) in [4.78, 5) is 18.5. The summed E-state index contributed by atoms with van der Waals surface area (Å²) < 4.78 is 1.19. The maximum absolute atomic E-state index is 8.81. The molecule has 0 saturated carbocycles. The molecule has 0 fully saturated rings. The lowest BCUT2D eigenvalue weighted by atomic mass is 9.86. The Morgan fingerprint density at radius 2 is 1.96 bits per heavy atom. The van der Waals surface area contributed by atoms with Crippen LogP contribution in [0.5, 0.6) is 0 Å². The molecule has 136 valence electrons. The SMILES string of the molecule is CC=O.CC[C@H]1C(C)Cc2cc(Br)ccc2N1C.Nc1ncccn1. The van der Waals surface area contributed by atoms with Crippen LogP contribution >= 0.6 is 15.9 Å². The highest BCUT2D eigenvalue weighted by Crippen LogP contribution is 2.35. The molecule has 6 heteroatoms. The second-order valence-electron chi connectivity index (χ2n) is 5.88. The van der Waals surface area contributed by atoms with Crippen molar-refractivity contribution in [2.45, 2.75) is 39.7 Å². The minimum Gasteiger partial charge on any atom is -0.371 e. The van der Waals surface area contributed by atoms with Gasteiger partial charge in [0.05, 0.1) is 0 Å². The zero-order valence-corrected chi connectivity index (χ0v) is 16.9. The number of hydrogen-bond donors (Lipinski definition) is 1. The highest BCUT2D eigenvalue weighted by Gasteiger charge is 2.27. The van der Waals surface area contributed by atoms with Crippen molar-refractivity contribution in [2.75, 3.05) is 17.7 Å². The van der Waals surface area contributed by atoms with Crippen LogP contribution in [0.1, 0.15) is 32.8 Å². The van der Waals surface area contributed by atoms with Crippen LogP contribution in [0.4, 0.5) is 11.6 Å². The van der Waals surface area contributed by atoms with E-state index in [0.29, 0.717) is 12.0 Å². The number of rotatable bonds is 1. The summed E-state index contributed by atoms with van der Waals surface area (Å²) in [6.45, 7) is 6.08. The number of aromatic nitrogens is 2. The first-order chi connectivity index (χ1) is 11.9. The quantitative estimate of drug-likeness (QED) is 0.720. The van der Waals surface area contributed by atoms with Gasteiger partial charge in [-0.1, -0.05) is 29.8 Å². The van der Waals surface area contributed by atoms with Crippen molar-refractivity contribution in [1.29, 1.82) is 0 Å². The zero-order valence-electron chi connectivity index (χ0n) is 15.3. The Kier molecular flexibility index (Phi) is 9.13. The highest BCUT2D eigenvalue weighted by atomic mass is 79.9. The molecule has 1 aliphatic heterocycles. The summed E-state index contributed by atoms with van der Waals surface area (Å²) in [7, 11) is 2.22. The monoisotopic (exact) mass is 406 g/mol. The van der Waals surface area contributed by atoms with Crippen molar-refractivity contribution < 1.29 is 4.79 Å². The maximum Gasteiger partial charge on any atom is 0.219 e. The van der Waals surface area contributed by atoms with Crippen LogP contribution in [-0.4, -0.2) is 29.3 Å². The summed E-state index contributed by atoms with van der Waals surface area (Å²) in [6, 6.07) is 9.04. The molecule has 2 aromatic rings. The van der Waals surface area contributed by atoms with E-state index < -0.39 is 0 Å². The van der Waals surface area contributed by atoms with E-state index in [-0.39, 0.29) is 0 Å². The minimum atomic E-state index is 0.322. The molecule has 1 aromatic carbocycles. The normalized spacial score (nSPS) is 18.0. The molecular weight excluding hydrogens is 380 g/mol.